The van der Waals surface area contributed by atoms with Crippen molar-refractivity contribution in [2.75, 3.05) is 26.5 Å². The van der Waals surface area contributed by atoms with E-state index in [1.807, 2.05) is 0 Å². The smallest absolute Gasteiger partial charge is 0.188 e. The van der Waals surface area contributed by atoms with Gasteiger partial charge in [-0.05, 0) is 12.8 Å². The van der Waals surface area contributed by atoms with Gasteiger partial charge in [0.05, 0.1) is 13.2 Å². The molecular formula is C16H36O4P2. The molecule has 0 saturated carbocycles. The molecule has 0 spiro atoms. The predicted octanol–water partition coefficient (Wildman–Crippen LogP) is 5.91. The van der Waals surface area contributed by atoms with Gasteiger partial charge >= 0.3 is 0 Å². The molecule has 0 aromatic rings. The van der Waals surface area contributed by atoms with Crippen molar-refractivity contribution < 1.29 is 18.2 Å². The van der Waals surface area contributed by atoms with Crippen LogP contribution in [0.4, 0.5) is 0 Å². The van der Waals surface area contributed by atoms with E-state index in [9.17, 15) is 9.13 Å². The monoisotopic (exact) mass is 354 g/mol. The van der Waals surface area contributed by atoms with Crippen LogP contribution in [0, 0.1) is 0 Å². The zero-order chi connectivity index (χ0) is 16.5. The SMILES string of the molecule is C[PH](=O)OCCCCCCCCCCCCCCO[PH](C)=O. The average molecular weight is 354 g/mol. The predicted molar refractivity (Wildman–Crippen MR) is 97.2 cm³/mol. The molecular weight excluding hydrogens is 318 g/mol. The Labute approximate surface area is 138 Å². The fourth-order valence-electron chi connectivity index (χ4n) is 2.40. The first-order chi connectivity index (χ1) is 10.6. The lowest BCUT2D eigenvalue weighted by Gasteiger charge is -2.04. The second kappa shape index (κ2) is 17.7. The van der Waals surface area contributed by atoms with Gasteiger partial charge in [-0.15, -0.1) is 0 Å². The molecule has 0 aliphatic heterocycles. The molecule has 22 heavy (non-hydrogen) atoms. The summed E-state index contributed by atoms with van der Waals surface area (Å²) in [6, 6.07) is 0. The van der Waals surface area contributed by atoms with E-state index in [1.54, 1.807) is 13.3 Å². The van der Waals surface area contributed by atoms with Crippen LogP contribution in [0.15, 0.2) is 0 Å². The van der Waals surface area contributed by atoms with Gasteiger partial charge in [0.2, 0.25) is 0 Å². The molecule has 0 aliphatic rings. The third-order valence-corrected chi connectivity index (χ3v) is 4.87. The molecule has 6 heteroatoms. The van der Waals surface area contributed by atoms with Crippen LogP contribution in [0.25, 0.3) is 0 Å². The minimum absolute atomic E-state index is 0.661. The largest absolute Gasteiger partial charge is 0.331 e. The third-order valence-electron chi connectivity index (χ3n) is 3.65. The van der Waals surface area contributed by atoms with Crippen LogP contribution in [0.2, 0.25) is 0 Å². The summed E-state index contributed by atoms with van der Waals surface area (Å²) in [4.78, 5) is 0. The van der Waals surface area contributed by atoms with Gasteiger partial charge in [0.1, 0.15) is 0 Å². The van der Waals surface area contributed by atoms with E-state index < -0.39 is 16.1 Å². The Morgan fingerprint density at radius 1 is 0.500 bits per heavy atom. The van der Waals surface area contributed by atoms with Crippen LogP contribution in [-0.4, -0.2) is 26.5 Å². The Hall–Kier alpha value is 0.380. The van der Waals surface area contributed by atoms with Crippen molar-refractivity contribution in [1.29, 1.82) is 0 Å². The highest BCUT2D eigenvalue weighted by atomic mass is 31.1. The molecule has 0 bridgehead atoms. The normalized spacial score (nSPS) is 14.1. The Balaban J connectivity index is 2.99. The molecule has 0 aromatic carbocycles. The highest BCUT2D eigenvalue weighted by molar-refractivity contribution is 7.38. The number of hydrogen-bond acceptors (Lipinski definition) is 4. The third kappa shape index (κ3) is 20.4. The van der Waals surface area contributed by atoms with Crippen LogP contribution >= 0.6 is 16.1 Å². The summed E-state index contributed by atoms with van der Waals surface area (Å²) in [7, 11) is -3.45. The highest BCUT2D eigenvalue weighted by Crippen LogP contribution is 2.17. The summed E-state index contributed by atoms with van der Waals surface area (Å²) in [6.07, 6.45) is 15.0. The van der Waals surface area contributed by atoms with Gasteiger partial charge in [0.15, 0.2) is 16.1 Å². The van der Waals surface area contributed by atoms with Crippen molar-refractivity contribution >= 4 is 16.1 Å². The Morgan fingerprint density at radius 2 is 0.727 bits per heavy atom. The maximum Gasteiger partial charge on any atom is 0.188 e. The van der Waals surface area contributed by atoms with E-state index in [0.29, 0.717) is 13.2 Å². The van der Waals surface area contributed by atoms with Crippen LogP contribution in [0.5, 0.6) is 0 Å². The van der Waals surface area contributed by atoms with Gasteiger partial charge in [0, 0.05) is 13.3 Å². The van der Waals surface area contributed by atoms with E-state index >= 15 is 0 Å². The van der Waals surface area contributed by atoms with Gasteiger partial charge < -0.3 is 9.05 Å². The van der Waals surface area contributed by atoms with Crippen LogP contribution in [-0.2, 0) is 18.2 Å². The molecule has 0 fully saturated rings. The molecule has 0 rings (SSSR count). The maximum absolute atomic E-state index is 10.7. The quantitative estimate of drug-likeness (QED) is 0.241. The minimum atomic E-state index is -1.73. The molecule has 0 amide bonds. The van der Waals surface area contributed by atoms with E-state index in [0.717, 1.165) is 12.8 Å². The summed E-state index contributed by atoms with van der Waals surface area (Å²) in [5.74, 6) is 0. The van der Waals surface area contributed by atoms with Crippen LogP contribution in [0.3, 0.4) is 0 Å². The van der Waals surface area contributed by atoms with Gasteiger partial charge in [-0.1, -0.05) is 64.2 Å². The maximum atomic E-state index is 10.7. The topological polar surface area (TPSA) is 52.6 Å². The summed E-state index contributed by atoms with van der Waals surface area (Å²) >= 11 is 0. The fraction of sp³-hybridized carbons (Fsp3) is 1.00. The Kier molecular flexibility index (Phi) is 18.0. The minimum Gasteiger partial charge on any atom is -0.331 e. The second-order valence-electron chi connectivity index (χ2n) is 5.92. The van der Waals surface area contributed by atoms with E-state index in [4.69, 9.17) is 9.05 Å². The lowest BCUT2D eigenvalue weighted by molar-refractivity contribution is 0.317. The van der Waals surface area contributed by atoms with Gasteiger partial charge in [-0.2, -0.15) is 0 Å². The van der Waals surface area contributed by atoms with Crippen LogP contribution < -0.4 is 0 Å². The number of hydrogen-bond donors (Lipinski definition) is 0. The average Bonchev–Trinajstić information content (AvgIpc) is 2.46. The molecule has 0 N–H and O–H groups in total. The Morgan fingerprint density at radius 3 is 0.955 bits per heavy atom. The number of unbranched alkanes of at least 4 members (excludes halogenated alkanes) is 11. The van der Waals surface area contributed by atoms with Gasteiger partial charge in [-0.3, -0.25) is 9.13 Å². The van der Waals surface area contributed by atoms with Crippen molar-refractivity contribution in [1.82, 2.24) is 0 Å². The molecule has 0 radical (unpaired) electrons. The zero-order valence-electron chi connectivity index (χ0n) is 14.5. The molecule has 0 heterocycles. The highest BCUT2D eigenvalue weighted by Gasteiger charge is 1.95. The van der Waals surface area contributed by atoms with Crippen molar-refractivity contribution in [2.24, 2.45) is 0 Å². The summed E-state index contributed by atoms with van der Waals surface area (Å²) in [6.45, 7) is 4.61. The van der Waals surface area contributed by atoms with E-state index in [2.05, 4.69) is 0 Å². The van der Waals surface area contributed by atoms with Crippen molar-refractivity contribution in [3.63, 3.8) is 0 Å². The first-order valence-electron chi connectivity index (χ1n) is 8.89. The molecule has 2 unspecified atom stereocenters. The second-order valence-corrected chi connectivity index (χ2v) is 8.47. The van der Waals surface area contributed by atoms with Crippen molar-refractivity contribution in [3.8, 4) is 0 Å². The Bertz CT molecular complexity index is 257. The first-order valence-corrected chi connectivity index (χ1v) is 12.5. The van der Waals surface area contributed by atoms with Crippen molar-refractivity contribution in [2.45, 2.75) is 77.0 Å². The summed E-state index contributed by atoms with van der Waals surface area (Å²) in [5, 5.41) is 0. The molecule has 2 atom stereocenters. The molecule has 0 aromatic heterocycles. The van der Waals surface area contributed by atoms with Crippen molar-refractivity contribution in [3.05, 3.63) is 0 Å². The fourth-order valence-corrected chi connectivity index (χ4v) is 3.27. The number of rotatable bonds is 17. The lowest BCUT2D eigenvalue weighted by Crippen LogP contribution is -1.88. The molecule has 0 aliphatic carbocycles. The standard InChI is InChI=1S/C16H36O4P2/c1-21(17)19-15-13-11-9-7-5-3-4-6-8-10-12-14-16-20-22(2)18/h21-22H,3-16H2,1-2H3. The van der Waals surface area contributed by atoms with Crippen LogP contribution in [0.1, 0.15) is 77.0 Å². The summed E-state index contributed by atoms with van der Waals surface area (Å²) in [5.41, 5.74) is 0. The first kappa shape index (κ1) is 22.4. The molecule has 134 valence electrons. The zero-order valence-corrected chi connectivity index (χ0v) is 16.5. The van der Waals surface area contributed by atoms with Gasteiger partial charge in [0.25, 0.3) is 0 Å². The van der Waals surface area contributed by atoms with E-state index in [1.165, 1.54) is 64.2 Å². The van der Waals surface area contributed by atoms with E-state index in [-0.39, 0.29) is 0 Å². The lowest BCUT2D eigenvalue weighted by atomic mass is 10.1. The molecule has 0 saturated heterocycles. The summed E-state index contributed by atoms with van der Waals surface area (Å²) < 4.78 is 31.7. The van der Waals surface area contributed by atoms with Gasteiger partial charge in [-0.25, -0.2) is 0 Å². The molecule has 4 nitrogen and oxygen atoms in total.